The summed E-state index contributed by atoms with van der Waals surface area (Å²) in [5.74, 6) is 0.416. The van der Waals surface area contributed by atoms with Crippen LogP contribution in [0.2, 0.25) is 0 Å². The maximum atomic E-state index is 11.9. The molecule has 0 radical (unpaired) electrons. The second-order valence-corrected chi connectivity index (χ2v) is 7.58. The molecule has 2 aliphatic heterocycles. The van der Waals surface area contributed by atoms with Crippen molar-refractivity contribution in [1.29, 1.82) is 0 Å². The zero-order chi connectivity index (χ0) is 18.0. The lowest BCUT2D eigenvalue weighted by Crippen LogP contribution is -2.43. The Morgan fingerprint density at radius 2 is 2.15 bits per heavy atom. The van der Waals surface area contributed by atoms with E-state index in [-0.39, 0.29) is 35.7 Å². The van der Waals surface area contributed by atoms with Gasteiger partial charge in [-0.1, -0.05) is 12.1 Å². The van der Waals surface area contributed by atoms with E-state index in [0.717, 1.165) is 54.7 Å². The number of amides is 2. The quantitative estimate of drug-likeness (QED) is 0.759. The summed E-state index contributed by atoms with van der Waals surface area (Å²) in [6.07, 6.45) is 3.81. The summed E-state index contributed by atoms with van der Waals surface area (Å²) in [6, 6.07) is 5.89. The van der Waals surface area contributed by atoms with Gasteiger partial charge >= 0.3 is 0 Å². The molecule has 26 heavy (non-hydrogen) atoms. The van der Waals surface area contributed by atoms with Gasteiger partial charge in [-0.05, 0) is 50.6 Å². The van der Waals surface area contributed by atoms with E-state index < -0.39 is 0 Å². The smallest absolute Gasteiger partial charge is 0.290 e. The number of benzene rings is 1. The van der Waals surface area contributed by atoms with Gasteiger partial charge in [-0.25, -0.2) is 0 Å². The molecule has 2 amide bonds. The van der Waals surface area contributed by atoms with Gasteiger partial charge in [0.25, 0.3) is 11.1 Å². The highest BCUT2D eigenvalue weighted by Gasteiger charge is 2.27. The number of halogens is 1. The van der Waals surface area contributed by atoms with Crippen LogP contribution in [0.1, 0.15) is 32.3 Å². The lowest BCUT2D eigenvalue weighted by molar-refractivity contribution is -0.115. The van der Waals surface area contributed by atoms with Gasteiger partial charge in [0.1, 0.15) is 5.75 Å². The number of ether oxygens (including phenoxy) is 1. The Bertz CT molecular complexity index is 724. The highest BCUT2D eigenvalue weighted by atomic mass is 35.5. The van der Waals surface area contributed by atoms with Crippen molar-refractivity contribution in [2.45, 2.75) is 38.8 Å². The number of para-hydroxylation sites is 1. The third kappa shape index (κ3) is 4.72. The molecule has 0 aliphatic carbocycles. The van der Waals surface area contributed by atoms with Crippen LogP contribution in [-0.2, 0) is 4.79 Å². The number of hydrogen-bond acceptors (Lipinski definition) is 6. The number of anilines is 1. The van der Waals surface area contributed by atoms with Gasteiger partial charge in [-0.2, -0.15) is 0 Å². The van der Waals surface area contributed by atoms with Crippen molar-refractivity contribution < 1.29 is 14.3 Å². The molecule has 1 atom stereocenters. The lowest BCUT2D eigenvalue weighted by Gasteiger charge is -2.35. The zero-order valence-corrected chi connectivity index (χ0v) is 16.5. The second kappa shape index (κ2) is 8.79. The van der Waals surface area contributed by atoms with Gasteiger partial charge in [0.15, 0.2) is 0 Å². The van der Waals surface area contributed by atoms with Crippen molar-refractivity contribution in [3.63, 3.8) is 0 Å². The summed E-state index contributed by atoms with van der Waals surface area (Å²) in [4.78, 5) is 26.0. The second-order valence-electron chi connectivity index (χ2n) is 6.56. The standard InChI is InChI=1S/C18H23N3O3S.ClH/c1-11(2)24-14-7-3-5-12(9-15-17(22)20-18(23)25-15)16(14)21-8-4-6-13(19)10-21;/h3,5,7,9,11,13H,4,6,8,10,19H2,1-2H3,(H,20,22,23);1H/b15-9+;. The average molecular weight is 398 g/mol. The molecule has 1 aromatic carbocycles. The number of piperidine rings is 1. The number of nitrogens with zero attached hydrogens (tertiary/aromatic N) is 1. The molecule has 0 bridgehead atoms. The molecular weight excluding hydrogens is 374 g/mol. The first kappa shape index (κ1) is 20.6. The first-order valence-electron chi connectivity index (χ1n) is 8.49. The maximum Gasteiger partial charge on any atom is 0.290 e. The number of rotatable bonds is 4. The number of carbonyl (C=O) groups is 2. The molecule has 8 heteroatoms. The zero-order valence-electron chi connectivity index (χ0n) is 14.9. The van der Waals surface area contributed by atoms with E-state index in [0.29, 0.717) is 4.91 Å². The first-order chi connectivity index (χ1) is 11.9. The molecule has 3 rings (SSSR count). The highest BCUT2D eigenvalue weighted by Crippen LogP contribution is 2.37. The molecule has 2 fully saturated rings. The Hall–Kier alpha value is -1.70. The molecular formula is C18H24ClN3O3S. The van der Waals surface area contributed by atoms with Crippen LogP contribution in [-0.4, -0.2) is 36.4 Å². The molecule has 3 N–H and O–H groups in total. The van der Waals surface area contributed by atoms with Crippen LogP contribution in [0.4, 0.5) is 10.5 Å². The van der Waals surface area contributed by atoms with E-state index in [1.165, 1.54) is 0 Å². The molecule has 1 aromatic rings. The van der Waals surface area contributed by atoms with Crippen molar-refractivity contribution in [3.05, 3.63) is 28.7 Å². The summed E-state index contributed by atoms with van der Waals surface area (Å²) >= 11 is 0.922. The topological polar surface area (TPSA) is 84.7 Å². The Labute approximate surface area is 163 Å². The summed E-state index contributed by atoms with van der Waals surface area (Å²) < 4.78 is 6.00. The minimum absolute atomic E-state index is 0. The number of nitrogens with two attached hydrogens (primary N) is 1. The van der Waals surface area contributed by atoms with Crippen LogP contribution in [0.15, 0.2) is 23.1 Å². The minimum Gasteiger partial charge on any atom is -0.489 e. The predicted molar refractivity (Wildman–Crippen MR) is 108 cm³/mol. The fraction of sp³-hybridized carbons (Fsp3) is 0.444. The monoisotopic (exact) mass is 397 g/mol. The van der Waals surface area contributed by atoms with Crippen LogP contribution in [0.25, 0.3) is 6.08 Å². The van der Waals surface area contributed by atoms with Crippen molar-refractivity contribution in [2.24, 2.45) is 5.73 Å². The number of carbonyl (C=O) groups excluding carboxylic acids is 2. The van der Waals surface area contributed by atoms with Gasteiger partial charge in [0, 0.05) is 24.7 Å². The van der Waals surface area contributed by atoms with Crippen molar-refractivity contribution in [3.8, 4) is 5.75 Å². The summed E-state index contributed by atoms with van der Waals surface area (Å²) in [5.41, 5.74) is 7.95. The van der Waals surface area contributed by atoms with E-state index in [4.69, 9.17) is 10.5 Å². The maximum absolute atomic E-state index is 11.9. The van der Waals surface area contributed by atoms with Gasteiger partial charge in [0.2, 0.25) is 0 Å². The molecule has 142 valence electrons. The van der Waals surface area contributed by atoms with E-state index in [1.807, 2.05) is 32.0 Å². The van der Waals surface area contributed by atoms with E-state index in [1.54, 1.807) is 6.08 Å². The fourth-order valence-electron chi connectivity index (χ4n) is 3.12. The van der Waals surface area contributed by atoms with Gasteiger partial charge in [-0.15, -0.1) is 12.4 Å². The van der Waals surface area contributed by atoms with E-state index in [9.17, 15) is 9.59 Å². The van der Waals surface area contributed by atoms with E-state index in [2.05, 4.69) is 10.2 Å². The number of hydrogen-bond donors (Lipinski definition) is 2. The van der Waals surface area contributed by atoms with Crippen LogP contribution < -0.4 is 20.7 Å². The number of imide groups is 1. The number of nitrogens with one attached hydrogen (secondary N) is 1. The van der Waals surface area contributed by atoms with Gasteiger partial charge in [0.05, 0.1) is 16.7 Å². The Kier molecular flexibility index (Phi) is 6.97. The Morgan fingerprint density at radius 1 is 1.38 bits per heavy atom. The molecule has 1 unspecified atom stereocenters. The summed E-state index contributed by atoms with van der Waals surface area (Å²) in [7, 11) is 0. The predicted octanol–water partition coefficient (Wildman–Crippen LogP) is 3.15. The molecule has 6 nitrogen and oxygen atoms in total. The third-order valence-electron chi connectivity index (χ3n) is 4.10. The summed E-state index contributed by atoms with van der Waals surface area (Å²) in [5, 5.41) is 1.95. The van der Waals surface area contributed by atoms with Gasteiger partial charge in [-0.3, -0.25) is 14.9 Å². The fourth-order valence-corrected chi connectivity index (χ4v) is 3.79. The minimum atomic E-state index is -0.355. The molecule has 2 aliphatic rings. The summed E-state index contributed by atoms with van der Waals surface area (Å²) in [6.45, 7) is 5.60. The molecule has 0 saturated carbocycles. The molecule has 0 aromatic heterocycles. The van der Waals surface area contributed by atoms with Gasteiger partial charge < -0.3 is 15.4 Å². The third-order valence-corrected chi connectivity index (χ3v) is 4.91. The van der Waals surface area contributed by atoms with Crippen LogP contribution >= 0.6 is 24.2 Å². The van der Waals surface area contributed by atoms with Crippen molar-refractivity contribution in [2.75, 3.05) is 18.0 Å². The lowest BCUT2D eigenvalue weighted by atomic mass is 10.0. The molecule has 2 saturated heterocycles. The van der Waals surface area contributed by atoms with Crippen molar-refractivity contribution >= 4 is 47.1 Å². The van der Waals surface area contributed by atoms with Crippen LogP contribution in [0.5, 0.6) is 5.75 Å². The largest absolute Gasteiger partial charge is 0.489 e. The van der Waals surface area contributed by atoms with E-state index >= 15 is 0 Å². The number of thioether (sulfide) groups is 1. The Balaban J connectivity index is 0.00000243. The first-order valence-corrected chi connectivity index (χ1v) is 9.30. The highest BCUT2D eigenvalue weighted by molar-refractivity contribution is 8.18. The van der Waals surface area contributed by atoms with Crippen LogP contribution in [0.3, 0.4) is 0 Å². The Morgan fingerprint density at radius 3 is 2.77 bits per heavy atom. The molecule has 0 spiro atoms. The van der Waals surface area contributed by atoms with Crippen molar-refractivity contribution in [1.82, 2.24) is 5.32 Å². The SMILES string of the molecule is CC(C)Oc1cccc(/C=C2/SC(=O)NC2=O)c1N1CCCC(N)C1.Cl. The average Bonchev–Trinajstić information content (AvgIpc) is 2.84. The normalized spacial score (nSPS) is 21.8. The van der Waals surface area contributed by atoms with Crippen LogP contribution in [0, 0.1) is 0 Å². The molecule has 2 heterocycles.